The summed E-state index contributed by atoms with van der Waals surface area (Å²) in [4.78, 5) is 9.62. The van der Waals surface area contributed by atoms with E-state index in [0.29, 0.717) is 11.5 Å². The summed E-state index contributed by atoms with van der Waals surface area (Å²) in [6, 6.07) is 5.44. The molecule has 0 aliphatic heterocycles. The molecular weight excluding hydrogens is 246 g/mol. The van der Waals surface area contributed by atoms with Gasteiger partial charge in [0.25, 0.3) is 0 Å². The van der Waals surface area contributed by atoms with Gasteiger partial charge in [-0.3, -0.25) is 0 Å². The summed E-state index contributed by atoms with van der Waals surface area (Å²) in [6.07, 6.45) is 1.84. The molecule has 0 saturated carbocycles. The Morgan fingerprint density at radius 2 is 2.28 bits per heavy atom. The van der Waals surface area contributed by atoms with Gasteiger partial charge < -0.3 is 11.1 Å². The third-order valence-electron chi connectivity index (χ3n) is 2.41. The van der Waals surface area contributed by atoms with Gasteiger partial charge in [0.15, 0.2) is 5.69 Å². The first-order valence-electron chi connectivity index (χ1n) is 5.45. The maximum atomic E-state index is 8.87. The summed E-state index contributed by atoms with van der Waals surface area (Å²) in [5.74, 6) is 0.626. The number of thiazole rings is 1. The summed E-state index contributed by atoms with van der Waals surface area (Å²) in [5, 5.41) is 13.1. The number of hydrogen-bond donors (Lipinski definition) is 2. The van der Waals surface area contributed by atoms with E-state index in [1.807, 2.05) is 26.1 Å². The molecular formula is C12H13N5S. The van der Waals surface area contributed by atoms with Gasteiger partial charge in [0.2, 0.25) is 0 Å². The van der Waals surface area contributed by atoms with Crippen LogP contribution in [0.4, 0.5) is 11.5 Å². The molecule has 18 heavy (non-hydrogen) atoms. The molecule has 0 aliphatic carbocycles. The van der Waals surface area contributed by atoms with Crippen molar-refractivity contribution in [3.8, 4) is 6.07 Å². The lowest BCUT2D eigenvalue weighted by Crippen LogP contribution is -2.08. The number of anilines is 2. The van der Waals surface area contributed by atoms with E-state index in [9.17, 15) is 0 Å². The fourth-order valence-electron chi connectivity index (χ4n) is 1.50. The van der Waals surface area contributed by atoms with Crippen LogP contribution < -0.4 is 11.1 Å². The smallest absolute Gasteiger partial charge is 0.165 e. The van der Waals surface area contributed by atoms with Crippen molar-refractivity contribution in [3.05, 3.63) is 33.9 Å². The molecule has 3 N–H and O–H groups in total. The number of nitriles is 1. The molecule has 2 aromatic rings. The van der Waals surface area contributed by atoms with Gasteiger partial charge in [-0.05, 0) is 26.0 Å². The fraction of sp³-hybridized carbons (Fsp3) is 0.250. The zero-order valence-electron chi connectivity index (χ0n) is 10.1. The van der Waals surface area contributed by atoms with Crippen molar-refractivity contribution in [1.29, 1.82) is 5.26 Å². The van der Waals surface area contributed by atoms with Crippen LogP contribution in [0.25, 0.3) is 0 Å². The van der Waals surface area contributed by atoms with E-state index in [-0.39, 0.29) is 11.7 Å². The van der Waals surface area contributed by atoms with E-state index in [1.54, 1.807) is 23.5 Å². The lowest BCUT2D eigenvalue weighted by Gasteiger charge is -2.12. The van der Waals surface area contributed by atoms with Crippen molar-refractivity contribution in [3.63, 3.8) is 0 Å². The highest BCUT2D eigenvalue weighted by atomic mass is 32.1. The average molecular weight is 259 g/mol. The van der Waals surface area contributed by atoms with Gasteiger partial charge in [-0.15, -0.1) is 11.3 Å². The number of hydrogen-bond acceptors (Lipinski definition) is 6. The van der Waals surface area contributed by atoms with Gasteiger partial charge in [0, 0.05) is 11.1 Å². The zero-order valence-corrected chi connectivity index (χ0v) is 11.0. The lowest BCUT2D eigenvalue weighted by molar-refractivity contribution is 0.860. The number of aromatic nitrogens is 2. The third-order valence-corrected chi connectivity index (χ3v) is 3.50. The Balaban J connectivity index is 2.17. The lowest BCUT2D eigenvalue weighted by atomic mass is 10.3. The van der Waals surface area contributed by atoms with E-state index < -0.39 is 0 Å². The fourth-order valence-corrected chi connectivity index (χ4v) is 2.27. The quantitative estimate of drug-likeness (QED) is 0.884. The minimum absolute atomic E-state index is 0.0476. The van der Waals surface area contributed by atoms with Crippen LogP contribution in [0.1, 0.15) is 28.5 Å². The third kappa shape index (κ3) is 2.57. The van der Waals surface area contributed by atoms with Gasteiger partial charge in [-0.1, -0.05) is 0 Å². The Kier molecular flexibility index (Phi) is 3.44. The van der Waals surface area contributed by atoms with Crippen molar-refractivity contribution in [2.24, 2.45) is 0 Å². The van der Waals surface area contributed by atoms with Crippen LogP contribution >= 0.6 is 11.3 Å². The summed E-state index contributed by atoms with van der Waals surface area (Å²) in [6.45, 7) is 4.02. The van der Waals surface area contributed by atoms with Crippen molar-refractivity contribution < 1.29 is 0 Å². The van der Waals surface area contributed by atoms with Gasteiger partial charge in [0.1, 0.15) is 16.9 Å². The van der Waals surface area contributed by atoms with Crippen LogP contribution in [0.2, 0.25) is 0 Å². The molecule has 0 fully saturated rings. The molecule has 0 aliphatic rings. The van der Waals surface area contributed by atoms with E-state index in [0.717, 1.165) is 5.01 Å². The SMILES string of the molecule is Cc1cnc(C(C)Nc2ccc(N)c(C#N)n2)s1. The van der Waals surface area contributed by atoms with Crippen molar-refractivity contribution in [2.75, 3.05) is 11.1 Å². The van der Waals surface area contributed by atoms with E-state index in [2.05, 4.69) is 15.3 Å². The first-order chi connectivity index (χ1) is 8.60. The molecule has 0 aromatic carbocycles. The number of pyridine rings is 1. The van der Waals surface area contributed by atoms with E-state index >= 15 is 0 Å². The minimum atomic E-state index is 0.0476. The van der Waals surface area contributed by atoms with Crippen molar-refractivity contribution in [2.45, 2.75) is 19.9 Å². The summed E-state index contributed by atoms with van der Waals surface area (Å²) in [7, 11) is 0. The number of nitrogens with one attached hydrogen (secondary N) is 1. The minimum Gasteiger partial charge on any atom is -0.396 e. The Labute approximate surface area is 109 Å². The average Bonchev–Trinajstić information content (AvgIpc) is 2.78. The molecule has 2 aromatic heterocycles. The molecule has 5 nitrogen and oxygen atoms in total. The van der Waals surface area contributed by atoms with Crippen LogP contribution in [0, 0.1) is 18.3 Å². The summed E-state index contributed by atoms with van der Waals surface area (Å²) >= 11 is 1.64. The molecule has 0 amide bonds. The largest absolute Gasteiger partial charge is 0.396 e. The highest BCUT2D eigenvalue weighted by Gasteiger charge is 2.10. The van der Waals surface area contributed by atoms with Gasteiger partial charge in [0.05, 0.1) is 11.7 Å². The van der Waals surface area contributed by atoms with Gasteiger partial charge in [-0.2, -0.15) is 5.26 Å². The van der Waals surface area contributed by atoms with E-state index in [4.69, 9.17) is 11.0 Å². The molecule has 0 spiro atoms. The van der Waals surface area contributed by atoms with Gasteiger partial charge in [-0.25, -0.2) is 9.97 Å². The zero-order chi connectivity index (χ0) is 13.1. The standard InChI is InChI=1S/C12H13N5S/c1-7-6-15-12(18-7)8(2)16-11-4-3-9(14)10(5-13)17-11/h3-4,6,8H,14H2,1-2H3,(H,16,17). The predicted molar refractivity (Wildman–Crippen MR) is 72.3 cm³/mol. The van der Waals surface area contributed by atoms with Crippen LogP contribution in [0.5, 0.6) is 0 Å². The number of nitrogens with zero attached hydrogens (tertiary/aromatic N) is 3. The molecule has 0 radical (unpaired) electrons. The molecule has 6 heteroatoms. The maximum absolute atomic E-state index is 8.87. The number of nitrogens with two attached hydrogens (primary N) is 1. The molecule has 0 saturated heterocycles. The Morgan fingerprint density at radius 1 is 1.50 bits per heavy atom. The molecule has 2 rings (SSSR count). The first kappa shape index (κ1) is 12.3. The number of aryl methyl sites for hydroxylation is 1. The Bertz CT molecular complexity index is 599. The second kappa shape index (κ2) is 5.02. The van der Waals surface area contributed by atoms with E-state index in [1.165, 1.54) is 4.88 Å². The maximum Gasteiger partial charge on any atom is 0.165 e. The second-order valence-corrected chi connectivity index (χ2v) is 5.19. The van der Waals surface area contributed by atoms with Crippen LogP contribution in [-0.4, -0.2) is 9.97 Å². The second-order valence-electron chi connectivity index (χ2n) is 3.92. The summed E-state index contributed by atoms with van der Waals surface area (Å²) < 4.78 is 0. The topological polar surface area (TPSA) is 87.6 Å². The normalized spacial score (nSPS) is 11.8. The highest BCUT2D eigenvalue weighted by Crippen LogP contribution is 2.23. The Morgan fingerprint density at radius 3 is 2.89 bits per heavy atom. The molecule has 92 valence electrons. The summed E-state index contributed by atoms with van der Waals surface area (Å²) in [5.41, 5.74) is 6.25. The molecule has 2 heterocycles. The molecule has 1 unspecified atom stereocenters. The molecule has 1 atom stereocenters. The van der Waals surface area contributed by atoms with Crippen LogP contribution in [-0.2, 0) is 0 Å². The van der Waals surface area contributed by atoms with Crippen LogP contribution in [0.3, 0.4) is 0 Å². The van der Waals surface area contributed by atoms with Crippen molar-refractivity contribution >= 4 is 22.8 Å². The number of rotatable bonds is 3. The van der Waals surface area contributed by atoms with Gasteiger partial charge >= 0.3 is 0 Å². The monoisotopic (exact) mass is 259 g/mol. The predicted octanol–water partition coefficient (Wildman–Crippen LogP) is 2.47. The Hall–Kier alpha value is -2.13. The molecule has 0 bridgehead atoms. The number of nitrogen functional groups attached to an aromatic ring is 1. The highest BCUT2D eigenvalue weighted by molar-refractivity contribution is 7.11. The van der Waals surface area contributed by atoms with Crippen LogP contribution in [0.15, 0.2) is 18.3 Å². The first-order valence-corrected chi connectivity index (χ1v) is 6.27. The van der Waals surface area contributed by atoms with Crippen molar-refractivity contribution in [1.82, 2.24) is 9.97 Å².